The van der Waals surface area contributed by atoms with Crippen molar-refractivity contribution in [2.75, 3.05) is 22.1 Å². The Labute approximate surface area is 184 Å². The molecule has 31 heavy (non-hydrogen) atoms. The monoisotopic (exact) mass is 434 g/mol. The Balaban J connectivity index is 1.31. The molecule has 1 aliphatic heterocycles. The molecular formula is C23H22N4O3S. The highest BCUT2D eigenvalue weighted by Crippen LogP contribution is 2.24. The maximum atomic E-state index is 12.5. The van der Waals surface area contributed by atoms with E-state index < -0.39 is 0 Å². The number of urea groups is 1. The van der Waals surface area contributed by atoms with Gasteiger partial charge >= 0.3 is 6.03 Å². The predicted molar refractivity (Wildman–Crippen MR) is 123 cm³/mol. The number of anilines is 3. The topological polar surface area (TPSA) is 90.5 Å². The van der Waals surface area contributed by atoms with Crippen LogP contribution in [-0.2, 0) is 11.3 Å². The zero-order valence-corrected chi connectivity index (χ0v) is 17.6. The Kier molecular flexibility index (Phi) is 6.28. The predicted octanol–water partition coefficient (Wildman–Crippen LogP) is 4.45. The van der Waals surface area contributed by atoms with Crippen molar-refractivity contribution in [2.24, 2.45) is 0 Å². The molecule has 158 valence electrons. The standard InChI is InChI=1S/C23H22N4O3S/c28-21-10-5-13-27(21)18-9-4-6-16(14-18)15-24-22(29)19-11-12-20(31-19)26-23(30)25-17-7-2-1-3-8-17/h1-4,6-9,11-12,14H,5,10,13,15H2,(H,24,29)(H2,25,26,30). The molecule has 0 radical (unpaired) electrons. The van der Waals surface area contributed by atoms with Crippen LogP contribution in [0, 0.1) is 0 Å². The molecule has 0 saturated carbocycles. The molecule has 1 aliphatic rings. The third-order valence-electron chi connectivity index (χ3n) is 4.85. The zero-order chi connectivity index (χ0) is 21.6. The molecule has 0 unspecified atom stereocenters. The maximum Gasteiger partial charge on any atom is 0.324 e. The minimum absolute atomic E-state index is 0.135. The van der Waals surface area contributed by atoms with Crippen LogP contribution in [0.15, 0.2) is 66.7 Å². The van der Waals surface area contributed by atoms with Crippen molar-refractivity contribution >= 4 is 45.6 Å². The molecule has 2 heterocycles. The summed E-state index contributed by atoms with van der Waals surface area (Å²) in [4.78, 5) is 38.8. The van der Waals surface area contributed by atoms with Crippen molar-refractivity contribution in [2.45, 2.75) is 19.4 Å². The molecule has 0 atom stereocenters. The Morgan fingerprint density at radius 2 is 1.81 bits per heavy atom. The SMILES string of the molecule is O=C(Nc1ccccc1)Nc1ccc(C(=O)NCc2cccc(N3CCCC3=O)c2)s1. The van der Waals surface area contributed by atoms with Gasteiger partial charge in [0.05, 0.1) is 9.88 Å². The second-order valence-corrected chi connectivity index (χ2v) is 8.19. The van der Waals surface area contributed by atoms with Crippen LogP contribution in [0.25, 0.3) is 0 Å². The summed E-state index contributed by atoms with van der Waals surface area (Å²) < 4.78 is 0. The van der Waals surface area contributed by atoms with Crippen molar-refractivity contribution in [1.29, 1.82) is 0 Å². The van der Waals surface area contributed by atoms with E-state index in [9.17, 15) is 14.4 Å². The molecule has 0 bridgehead atoms. The van der Waals surface area contributed by atoms with Crippen LogP contribution in [0.4, 0.5) is 21.2 Å². The van der Waals surface area contributed by atoms with Crippen molar-refractivity contribution < 1.29 is 14.4 Å². The summed E-state index contributed by atoms with van der Waals surface area (Å²) in [5.74, 6) is -0.0831. The lowest BCUT2D eigenvalue weighted by molar-refractivity contribution is -0.117. The summed E-state index contributed by atoms with van der Waals surface area (Å²) in [6.45, 7) is 1.08. The van der Waals surface area contributed by atoms with Crippen LogP contribution < -0.4 is 20.9 Å². The minimum atomic E-state index is -0.367. The molecule has 0 spiro atoms. The molecule has 4 rings (SSSR count). The average Bonchev–Trinajstić information content (AvgIpc) is 3.42. The molecule has 8 heteroatoms. The van der Waals surface area contributed by atoms with Gasteiger partial charge in [-0.1, -0.05) is 30.3 Å². The Bertz CT molecular complexity index is 1100. The van der Waals surface area contributed by atoms with Crippen LogP contribution in [-0.4, -0.2) is 24.4 Å². The number of nitrogens with zero attached hydrogens (tertiary/aromatic N) is 1. The average molecular weight is 435 g/mol. The second-order valence-electron chi connectivity index (χ2n) is 7.11. The molecule has 2 aromatic carbocycles. The van der Waals surface area contributed by atoms with Gasteiger partial charge in [0.25, 0.3) is 5.91 Å². The fourth-order valence-corrected chi connectivity index (χ4v) is 4.17. The number of carbonyl (C=O) groups excluding carboxylic acids is 3. The summed E-state index contributed by atoms with van der Waals surface area (Å²) in [5.41, 5.74) is 2.47. The van der Waals surface area contributed by atoms with E-state index in [1.165, 1.54) is 11.3 Å². The molecule has 1 aromatic heterocycles. The van der Waals surface area contributed by atoms with Crippen LogP contribution >= 0.6 is 11.3 Å². The lowest BCUT2D eigenvalue weighted by Crippen LogP contribution is -2.24. The van der Waals surface area contributed by atoms with Gasteiger partial charge in [-0.3, -0.25) is 14.9 Å². The van der Waals surface area contributed by atoms with E-state index >= 15 is 0 Å². The first kappa shape index (κ1) is 20.6. The van der Waals surface area contributed by atoms with Crippen molar-refractivity contribution in [3.63, 3.8) is 0 Å². The van der Waals surface area contributed by atoms with E-state index in [1.807, 2.05) is 42.5 Å². The number of thiophene rings is 1. The number of nitrogens with one attached hydrogen (secondary N) is 3. The molecular weight excluding hydrogens is 412 g/mol. The van der Waals surface area contributed by atoms with Gasteiger partial charge in [0.2, 0.25) is 5.91 Å². The molecule has 3 N–H and O–H groups in total. The number of rotatable bonds is 6. The number of hydrogen-bond acceptors (Lipinski definition) is 4. The van der Waals surface area contributed by atoms with E-state index in [4.69, 9.17) is 0 Å². The Morgan fingerprint density at radius 1 is 0.968 bits per heavy atom. The van der Waals surface area contributed by atoms with Crippen molar-refractivity contribution in [3.8, 4) is 0 Å². The van der Waals surface area contributed by atoms with Gasteiger partial charge in [-0.05, 0) is 48.4 Å². The van der Waals surface area contributed by atoms with E-state index in [0.717, 1.165) is 24.2 Å². The zero-order valence-electron chi connectivity index (χ0n) is 16.8. The fraction of sp³-hybridized carbons (Fsp3) is 0.174. The molecule has 1 saturated heterocycles. The van der Waals surface area contributed by atoms with Gasteiger partial charge in [-0.15, -0.1) is 11.3 Å². The molecule has 0 aliphatic carbocycles. The first-order valence-corrected chi connectivity index (χ1v) is 10.8. The Morgan fingerprint density at radius 3 is 2.58 bits per heavy atom. The van der Waals surface area contributed by atoms with Gasteiger partial charge in [-0.25, -0.2) is 4.79 Å². The van der Waals surface area contributed by atoms with Crippen molar-refractivity contribution in [3.05, 3.63) is 77.2 Å². The number of amides is 4. The van der Waals surface area contributed by atoms with Gasteiger partial charge in [0.1, 0.15) is 0 Å². The van der Waals surface area contributed by atoms with Gasteiger partial charge in [0, 0.05) is 30.9 Å². The number of benzene rings is 2. The maximum absolute atomic E-state index is 12.5. The van der Waals surface area contributed by atoms with E-state index in [0.29, 0.717) is 28.5 Å². The minimum Gasteiger partial charge on any atom is -0.347 e. The van der Waals surface area contributed by atoms with Crippen LogP contribution in [0.5, 0.6) is 0 Å². The number of hydrogen-bond donors (Lipinski definition) is 3. The second kappa shape index (κ2) is 9.44. The summed E-state index contributed by atoms with van der Waals surface area (Å²) in [6, 6.07) is 19.8. The molecule has 7 nitrogen and oxygen atoms in total. The lowest BCUT2D eigenvalue weighted by atomic mass is 10.2. The van der Waals surface area contributed by atoms with Crippen LogP contribution in [0.3, 0.4) is 0 Å². The largest absolute Gasteiger partial charge is 0.347 e. The van der Waals surface area contributed by atoms with Crippen molar-refractivity contribution in [1.82, 2.24) is 5.32 Å². The smallest absolute Gasteiger partial charge is 0.324 e. The third-order valence-corrected chi connectivity index (χ3v) is 5.85. The highest BCUT2D eigenvalue weighted by molar-refractivity contribution is 7.18. The van der Waals surface area contributed by atoms with E-state index in [2.05, 4.69) is 16.0 Å². The summed E-state index contributed by atoms with van der Waals surface area (Å²) in [5, 5.41) is 8.94. The van der Waals surface area contributed by atoms with E-state index in [-0.39, 0.29) is 17.8 Å². The highest BCUT2D eigenvalue weighted by atomic mass is 32.1. The van der Waals surface area contributed by atoms with Gasteiger partial charge < -0.3 is 15.5 Å². The number of carbonyl (C=O) groups is 3. The third kappa shape index (κ3) is 5.29. The quantitative estimate of drug-likeness (QED) is 0.535. The first-order valence-electron chi connectivity index (χ1n) is 9.99. The van der Waals surface area contributed by atoms with Crippen LogP contribution in [0.2, 0.25) is 0 Å². The summed E-state index contributed by atoms with van der Waals surface area (Å²) in [7, 11) is 0. The first-order chi connectivity index (χ1) is 15.1. The molecule has 4 amide bonds. The normalized spacial score (nSPS) is 13.2. The number of para-hydroxylation sites is 1. The van der Waals surface area contributed by atoms with E-state index in [1.54, 1.807) is 29.2 Å². The lowest BCUT2D eigenvalue weighted by Gasteiger charge is -2.16. The fourth-order valence-electron chi connectivity index (χ4n) is 3.35. The van der Waals surface area contributed by atoms with Gasteiger partial charge in [-0.2, -0.15) is 0 Å². The Hall–Kier alpha value is -3.65. The highest BCUT2D eigenvalue weighted by Gasteiger charge is 2.21. The molecule has 1 fully saturated rings. The van der Waals surface area contributed by atoms with Gasteiger partial charge in [0.15, 0.2) is 0 Å². The molecule has 3 aromatic rings. The van der Waals surface area contributed by atoms with Crippen LogP contribution in [0.1, 0.15) is 28.1 Å². The summed E-state index contributed by atoms with van der Waals surface area (Å²) in [6.07, 6.45) is 1.46. The summed E-state index contributed by atoms with van der Waals surface area (Å²) >= 11 is 1.20.